The maximum absolute atomic E-state index is 11.0. The van der Waals surface area contributed by atoms with Crippen LogP contribution in [-0.4, -0.2) is 28.5 Å². The fourth-order valence-corrected chi connectivity index (χ4v) is 3.76. The van der Waals surface area contributed by atoms with Crippen molar-refractivity contribution in [1.82, 2.24) is 9.78 Å². The topological polar surface area (TPSA) is 73.3 Å². The second-order valence-corrected chi connectivity index (χ2v) is 6.30. The maximum Gasteiger partial charge on any atom is 0.217 e. The molecule has 5 nitrogen and oxygen atoms in total. The van der Waals surface area contributed by atoms with E-state index in [-0.39, 0.29) is 5.41 Å². The van der Waals surface area contributed by atoms with Crippen molar-refractivity contribution < 1.29 is 9.84 Å². The molecule has 1 aromatic rings. The van der Waals surface area contributed by atoms with E-state index >= 15 is 0 Å². The molecular weight excluding hydrogens is 254 g/mol. The Hall–Kier alpha value is -1.07. The van der Waals surface area contributed by atoms with Crippen LogP contribution in [0.4, 0.5) is 0 Å². The van der Waals surface area contributed by atoms with Gasteiger partial charge in [0.15, 0.2) is 0 Å². The normalized spacial score (nSPS) is 28.4. The monoisotopic (exact) mass is 281 g/mol. The van der Waals surface area contributed by atoms with Gasteiger partial charge in [0.2, 0.25) is 5.88 Å². The molecule has 0 radical (unpaired) electrons. The van der Waals surface area contributed by atoms with Gasteiger partial charge in [-0.3, -0.25) is 0 Å². The molecule has 114 valence electrons. The number of nitrogens with zero attached hydrogens (tertiary/aromatic N) is 2. The predicted molar refractivity (Wildman–Crippen MR) is 78.6 cm³/mol. The van der Waals surface area contributed by atoms with Crippen LogP contribution in [0.15, 0.2) is 0 Å². The Morgan fingerprint density at radius 3 is 2.85 bits per heavy atom. The standard InChI is InChI=1S/C15H27N3O2/c1-10-6-5-7-15(8-10,9-16)13(19)12-11(2)17-18(3)14(12)20-4/h10,13,19H,5-9,16H2,1-4H3. The summed E-state index contributed by atoms with van der Waals surface area (Å²) in [4.78, 5) is 0. The van der Waals surface area contributed by atoms with Gasteiger partial charge in [0.25, 0.3) is 0 Å². The molecule has 0 bridgehead atoms. The first kappa shape index (κ1) is 15.3. The van der Waals surface area contributed by atoms with E-state index in [2.05, 4.69) is 12.0 Å². The van der Waals surface area contributed by atoms with Gasteiger partial charge in [-0.25, -0.2) is 4.68 Å². The second kappa shape index (κ2) is 5.74. The molecule has 3 atom stereocenters. The van der Waals surface area contributed by atoms with Gasteiger partial charge in [0.05, 0.1) is 24.5 Å². The van der Waals surface area contributed by atoms with E-state index in [1.54, 1.807) is 11.8 Å². The number of aryl methyl sites for hydroxylation is 2. The number of aliphatic hydroxyl groups is 1. The first-order chi connectivity index (χ1) is 9.45. The van der Waals surface area contributed by atoms with Crippen LogP contribution in [0.5, 0.6) is 5.88 Å². The lowest BCUT2D eigenvalue weighted by Crippen LogP contribution is -2.40. The van der Waals surface area contributed by atoms with Crippen molar-refractivity contribution in [2.24, 2.45) is 24.1 Å². The highest BCUT2D eigenvalue weighted by atomic mass is 16.5. The number of nitrogens with two attached hydrogens (primary N) is 1. The molecule has 20 heavy (non-hydrogen) atoms. The van der Waals surface area contributed by atoms with Crippen molar-refractivity contribution in [2.75, 3.05) is 13.7 Å². The third kappa shape index (κ3) is 2.44. The molecule has 1 saturated carbocycles. The van der Waals surface area contributed by atoms with Crippen molar-refractivity contribution >= 4 is 0 Å². The highest BCUT2D eigenvalue weighted by molar-refractivity contribution is 5.34. The van der Waals surface area contributed by atoms with E-state index < -0.39 is 6.10 Å². The highest BCUT2D eigenvalue weighted by Gasteiger charge is 2.43. The number of methoxy groups -OCH3 is 1. The molecule has 0 spiro atoms. The van der Waals surface area contributed by atoms with Gasteiger partial charge in [-0.05, 0) is 25.7 Å². The molecular formula is C15H27N3O2. The SMILES string of the molecule is COc1c(C(O)C2(CN)CCCC(C)C2)c(C)nn1C. The van der Waals surface area contributed by atoms with Gasteiger partial charge in [0.1, 0.15) is 0 Å². The van der Waals surface area contributed by atoms with Gasteiger partial charge in [-0.2, -0.15) is 5.10 Å². The van der Waals surface area contributed by atoms with Crippen molar-refractivity contribution in [1.29, 1.82) is 0 Å². The van der Waals surface area contributed by atoms with Gasteiger partial charge < -0.3 is 15.6 Å². The quantitative estimate of drug-likeness (QED) is 0.884. The second-order valence-electron chi connectivity index (χ2n) is 6.30. The molecule has 1 heterocycles. The number of aliphatic hydroxyl groups excluding tert-OH is 1. The summed E-state index contributed by atoms with van der Waals surface area (Å²) in [5.41, 5.74) is 7.43. The smallest absolute Gasteiger partial charge is 0.217 e. The van der Waals surface area contributed by atoms with Crippen LogP contribution in [-0.2, 0) is 7.05 Å². The van der Waals surface area contributed by atoms with E-state index in [0.717, 1.165) is 30.5 Å². The molecule has 0 amide bonds. The third-order valence-electron chi connectivity index (χ3n) is 4.79. The maximum atomic E-state index is 11.0. The summed E-state index contributed by atoms with van der Waals surface area (Å²) in [6, 6.07) is 0. The largest absolute Gasteiger partial charge is 0.481 e. The first-order valence-corrected chi connectivity index (χ1v) is 7.41. The van der Waals surface area contributed by atoms with Crippen molar-refractivity contribution in [3.63, 3.8) is 0 Å². The molecule has 5 heteroatoms. The number of hydrogen-bond donors (Lipinski definition) is 2. The average Bonchev–Trinajstić information content (AvgIpc) is 2.71. The Balaban J connectivity index is 2.40. The fourth-order valence-electron chi connectivity index (χ4n) is 3.76. The summed E-state index contributed by atoms with van der Waals surface area (Å²) in [6.07, 6.45) is 3.66. The van der Waals surface area contributed by atoms with Crippen molar-refractivity contribution in [3.8, 4) is 5.88 Å². The van der Waals surface area contributed by atoms with Crippen LogP contribution in [0.25, 0.3) is 0 Å². The molecule has 1 aliphatic rings. The molecule has 0 aliphatic heterocycles. The van der Waals surface area contributed by atoms with Crippen LogP contribution < -0.4 is 10.5 Å². The minimum Gasteiger partial charge on any atom is -0.481 e. The molecule has 1 aliphatic carbocycles. The van der Waals surface area contributed by atoms with E-state index in [0.29, 0.717) is 18.3 Å². The lowest BCUT2D eigenvalue weighted by Gasteiger charge is -2.42. The molecule has 0 saturated heterocycles. The van der Waals surface area contributed by atoms with Crippen LogP contribution in [0.3, 0.4) is 0 Å². The van der Waals surface area contributed by atoms with E-state index in [1.165, 1.54) is 6.42 Å². The van der Waals surface area contributed by atoms with E-state index in [9.17, 15) is 5.11 Å². The summed E-state index contributed by atoms with van der Waals surface area (Å²) in [7, 11) is 3.45. The summed E-state index contributed by atoms with van der Waals surface area (Å²) >= 11 is 0. The van der Waals surface area contributed by atoms with Gasteiger partial charge in [-0.15, -0.1) is 0 Å². The fraction of sp³-hybridized carbons (Fsp3) is 0.800. The lowest BCUT2D eigenvalue weighted by atomic mass is 9.65. The molecule has 3 N–H and O–H groups in total. The van der Waals surface area contributed by atoms with Crippen LogP contribution >= 0.6 is 0 Å². The third-order valence-corrected chi connectivity index (χ3v) is 4.79. The molecule has 3 unspecified atom stereocenters. The Bertz CT molecular complexity index is 472. The zero-order valence-corrected chi connectivity index (χ0v) is 13.0. The van der Waals surface area contributed by atoms with Crippen molar-refractivity contribution in [2.45, 2.75) is 45.6 Å². The zero-order chi connectivity index (χ0) is 14.9. The van der Waals surface area contributed by atoms with Crippen LogP contribution in [0.2, 0.25) is 0 Å². The van der Waals surface area contributed by atoms with Gasteiger partial charge in [0, 0.05) is 19.0 Å². The van der Waals surface area contributed by atoms with E-state index in [1.807, 2.05) is 14.0 Å². The number of rotatable bonds is 4. The predicted octanol–water partition coefficient (Wildman–Crippen LogP) is 1.93. The summed E-state index contributed by atoms with van der Waals surface area (Å²) in [6.45, 7) is 4.65. The minimum absolute atomic E-state index is 0.251. The summed E-state index contributed by atoms with van der Waals surface area (Å²) < 4.78 is 7.11. The molecule has 1 fully saturated rings. The van der Waals surface area contributed by atoms with Gasteiger partial charge in [-0.1, -0.05) is 19.8 Å². The lowest BCUT2D eigenvalue weighted by molar-refractivity contribution is -0.0147. The van der Waals surface area contributed by atoms with Crippen molar-refractivity contribution in [3.05, 3.63) is 11.3 Å². The molecule has 1 aromatic heterocycles. The molecule has 2 rings (SSSR count). The van der Waals surface area contributed by atoms with E-state index in [4.69, 9.17) is 10.5 Å². The highest BCUT2D eigenvalue weighted by Crippen LogP contribution is 2.49. The summed E-state index contributed by atoms with van der Waals surface area (Å²) in [5.74, 6) is 1.24. The Kier molecular flexibility index (Phi) is 4.39. The Labute approximate surface area is 121 Å². The number of hydrogen-bond acceptors (Lipinski definition) is 4. The van der Waals surface area contributed by atoms with Crippen LogP contribution in [0.1, 0.15) is 50.0 Å². The first-order valence-electron chi connectivity index (χ1n) is 7.41. The molecule has 0 aromatic carbocycles. The van der Waals surface area contributed by atoms with Crippen LogP contribution in [0, 0.1) is 18.3 Å². The number of ether oxygens (including phenoxy) is 1. The van der Waals surface area contributed by atoms with Gasteiger partial charge >= 0.3 is 0 Å². The summed E-state index contributed by atoms with van der Waals surface area (Å²) in [5, 5.41) is 15.4. The Morgan fingerprint density at radius 1 is 1.60 bits per heavy atom. The minimum atomic E-state index is -0.612. The zero-order valence-electron chi connectivity index (χ0n) is 13.0. The number of aromatic nitrogens is 2. The Morgan fingerprint density at radius 2 is 2.30 bits per heavy atom. The average molecular weight is 281 g/mol.